The van der Waals surface area contributed by atoms with Crippen LogP contribution in [0.1, 0.15) is 5.56 Å². The van der Waals surface area contributed by atoms with Crippen molar-refractivity contribution < 1.29 is 37.3 Å². The normalized spacial score (nSPS) is 14.0. The third-order valence-corrected chi connectivity index (χ3v) is 5.47. The number of anilines is 1. The first kappa shape index (κ1) is 24.1. The number of nitrogens with zero attached hydrogens (tertiary/aromatic N) is 1. The molecule has 1 heterocycles. The number of methoxy groups -OCH3 is 1. The molecule has 4 rings (SSSR count). The number of amides is 1. The number of aliphatic hydroxyl groups is 1. The van der Waals surface area contributed by atoms with E-state index in [0.717, 1.165) is 36.1 Å². The number of nitrogens with one attached hydrogen (secondary N) is 1. The fourth-order valence-corrected chi connectivity index (χ4v) is 3.73. The molecule has 2 N–H and O–H groups in total. The van der Waals surface area contributed by atoms with E-state index < -0.39 is 23.6 Å². The summed E-state index contributed by atoms with van der Waals surface area (Å²) in [7, 11) is 1.13. The summed E-state index contributed by atoms with van der Waals surface area (Å²) in [5.41, 5.74) is -1.44. The smallest absolute Gasteiger partial charge is 0.416 e. The predicted octanol–water partition coefficient (Wildman–Crippen LogP) is 4.32. The molecule has 0 aliphatic carbocycles. The van der Waals surface area contributed by atoms with Crippen molar-refractivity contribution in [3.8, 4) is 11.5 Å². The zero-order valence-corrected chi connectivity index (χ0v) is 18.6. The quantitative estimate of drug-likeness (QED) is 0.484. The highest BCUT2D eigenvalue weighted by atomic mass is 19.4. The fraction of sp³-hybridized carbons (Fsp3) is 0.200. The van der Waals surface area contributed by atoms with Crippen LogP contribution < -0.4 is 10.1 Å². The molecule has 3 aromatic carbocycles. The van der Waals surface area contributed by atoms with Gasteiger partial charge in [-0.15, -0.1) is 0 Å². The molecule has 10 heteroatoms. The minimum absolute atomic E-state index is 0.0124. The van der Waals surface area contributed by atoms with Crippen LogP contribution in [0.15, 0.2) is 71.9 Å². The summed E-state index contributed by atoms with van der Waals surface area (Å²) in [5.74, 6) is -1.09. The van der Waals surface area contributed by atoms with Crippen LogP contribution in [0.25, 0.3) is 10.8 Å². The Morgan fingerprint density at radius 2 is 1.83 bits per heavy atom. The van der Waals surface area contributed by atoms with Crippen molar-refractivity contribution in [3.63, 3.8) is 0 Å². The maximum atomic E-state index is 13.5. The van der Waals surface area contributed by atoms with Gasteiger partial charge in [0.25, 0.3) is 5.91 Å². The standard InChI is InChI=1S/C25H21F3N2O5/c1-34-24(33)19-14-30(10-11-31)23(32)22(19)29-20-13-17(25(26,27)28)7-9-21(20)35-18-8-6-15-4-2-3-5-16(15)12-18/h2-9,12-13,29,31H,10-11,14H2,1H3. The molecule has 0 unspecified atom stereocenters. The molecule has 0 bridgehead atoms. The molecular weight excluding hydrogens is 465 g/mol. The lowest BCUT2D eigenvalue weighted by Crippen LogP contribution is -2.31. The van der Waals surface area contributed by atoms with Gasteiger partial charge in [-0.25, -0.2) is 4.79 Å². The van der Waals surface area contributed by atoms with Crippen LogP contribution in [0, 0.1) is 0 Å². The van der Waals surface area contributed by atoms with Gasteiger partial charge >= 0.3 is 12.1 Å². The SMILES string of the molecule is COC(=O)C1=C(Nc2cc(C(F)(F)F)ccc2Oc2ccc3ccccc3c2)C(=O)N(CCO)C1. The van der Waals surface area contributed by atoms with Gasteiger partial charge in [-0.2, -0.15) is 13.2 Å². The van der Waals surface area contributed by atoms with Crippen molar-refractivity contribution in [2.75, 3.05) is 32.1 Å². The average Bonchev–Trinajstić information content (AvgIpc) is 3.14. The number of fused-ring (bicyclic) bond motifs is 1. The number of carbonyl (C=O) groups excluding carboxylic acids is 2. The van der Waals surface area contributed by atoms with Gasteiger partial charge in [0.15, 0.2) is 5.75 Å². The van der Waals surface area contributed by atoms with Crippen LogP contribution in [0.4, 0.5) is 18.9 Å². The minimum atomic E-state index is -4.65. The van der Waals surface area contributed by atoms with E-state index in [1.54, 1.807) is 12.1 Å². The van der Waals surface area contributed by atoms with Gasteiger partial charge in [0.1, 0.15) is 11.4 Å². The van der Waals surface area contributed by atoms with Crippen molar-refractivity contribution in [2.45, 2.75) is 6.18 Å². The number of β-amino-alcohol motifs (C(OH)–C–C–N with tert-alkyl or cyclic N) is 1. The third-order valence-electron chi connectivity index (χ3n) is 5.47. The highest BCUT2D eigenvalue weighted by molar-refractivity contribution is 6.08. The Labute approximate surface area is 198 Å². The van der Waals surface area contributed by atoms with E-state index in [9.17, 15) is 27.9 Å². The first-order valence-corrected chi connectivity index (χ1v) is 10.6. The maximum Gasteiger partial charge on any atom is 0.416 e. The third kappa shape index (κ3) is 5.07. The van der Waals surface area contributed by atoms with E-state index in [1.165, 1.54) is 4.90 Å². The molecule has 182 valence electrons. The van der Waals surface area contributed by atoms with Crippen molar-refractivity contribution in [2.24, 2.45) is 0 Å². The predicted molar refractivity (Wildman–Crippen MR) is 122 cm³/mol. The van der Waals surface area contributed by atoms with Crippen LogP contribution in [-0.4, -0.2) is 48.7 Å². The molecule has 0 saturated carbocycles. The Bertz CT molecular complexity index is 1320. The Balaban J connectivity index is 1.75. The Morgan fingerprint density at radius 3 is 2.51 bits per heavy atom. The van der Waals surface area contributed by atoms with Crippen LogP contribution in [0.5, 0.6) is 11.5 Å². The van der Waals surface area contributed by atoms with Gasteiger partial charge in [-0.1, -0.05) is 30.3 Å². The van der Waals surface area contributed by atoms with Gasteiger partial charge in [0.05, 0.1) is 37.1 Å². The van der Waals surface area contributed by atoms with Gasteiger partial charge in [-0.3, -0.25) is 4.79 Å². The highest BCUT2D eigenvalue weighted by Crippen LogP contribution is 2.38. The van der Waals surface area contributed by atoms with Gasteiger partial charge in [-0.05, 0) is 41.1 Å². The summed E-state index contributed by atoms with van der Waals surface area (Å²) < 4.78 is 51.0. The number of carbonyl (C=O) groups is 2. The number of rotatable bonds is 7. The lowest BCUT2D eigenvalue weighted by Gasteiger charge is -2.18. The van der Waals surface area contributed by atoms with Gasteiger partial charge in [0, 0.05) is 6.54 Å². The second kappa shape index (κ2) is 9.67. The molecular formula is C25H21F3N2O5. The first-order chi connectivity index (χ1) is 16.7. The summed E-state index contributed by atoms with van der Waals surface area (Å²) in [6.45, 7) is -0.574. The van der Waals surface area contributed by atoms with Crippen molar-refractivity contribution in [3.05, 3.63) is 77.5 Å². The van der Waals surface area contributed by atoms with Crippen molar-refractivity contribution in [1.29, 1.82) is 0 Å². The zero-order valence-electron chi connectivity index (χ0n) is 18.6. The number of hydrogen-bond donors (Lipinski definition) is 2. The average molecular weight is 486 g/mol. The molecule has 0 aromatic heterocycles. The highest BCUT2D eigenvalue weighted by Gasteiger charge is 2.36. The summed E-state index contributed by atoms with van der Waals surface area (Å²) >= 11 is 0. The Kier molecular flexibility index (Phi) is 6.65. The van der Waals surface area contributed by atoms with E-state index in [4.69, 9.17) is 9.47 Å². The molecule has 0 radical (unpaired) electrons. The van der Waals surface area contributed by atoms with E-state index in [2.05, 4.69) is 5.32 Å². The van der Waals surface area contributed by atoms with E-state index in [-0.39, 0.29) is 42.4 Å². The number of halogens is 3. The summed E-state index contributed by atoms with van der Waals surface area (Å²) in [6, 6.07) is 15.5. The molecule has 0 fully saturated rings. The monoisotopic (exact) mass is 486 g/mol. The fourth-order valence-electron chi connectivity index (χ4n) is 3.73. The molecule has 7 nitrogen and oxygen atoms in total. The molecule has 0 saturated heterocycles. The van der Waals surface area contributed by atoms with E-state index in [0.29, 0.717) is 5.75 Å². The molecule has 1 aliphatic heterocycles. The molecule has 3 aromatic rings. The molecule has 35 heavy (non-hydrogen) atoms. The summed E-state index contributed by atoms with van der Waals surface area (Å²) in [5, 5.41) is 13.7. The zero-order chi connectivity index (χ0) is 25.2. The maximum absolute atomic E-state index is 13.5. The van der Waals surface area contributed by atoms with Crippen molar-refractivity contribution in [1.82, 2.24) is 4.90 Å². The van der Waals surface area contributed by atoms with Crippen LogP contribution in [0.2, 0.25) is 0 Å². The Hall–Kier alpha value is -4.05. The number of alkyl halides is 3. The van der Waals surface area contributed by atoms with E-state index >= 15 is 0 Å². The van der Waals surface area contributed by atoms with Crippen molar-refractivity contribution >= 4 is 28.3 Å². The summed E-state index contributed by atoms with van der Waals surface area (Å²) in [4.78, 5) is 26.3. The minimum Gasteiger partial charge on any atom is -0.466 e. The van der Waals surface area contributed by atoms with Crippen LogP contribution in [-0.2, 0) is 20.5 Å². The second-order valence-electron chi connectivity index (χ2n) is 7.74. The van der Waals surface area contributed by atoms with E-state index in [1.807, 2.05) is 30.3 Å². The molecule has 1 aliphatic rings. The lowest BCUT2D eigenvalue weighted by molar-refractivity contribution is -0.138. The molecule has 0 atom stereocenters. The number of benzene rings is 3. The van der Waals surface area contributed by atoms with Gasteiger partial charge in [0.2, 0.25) is 0 Å². The number of hydrogen-bond acceptors (Lipinski definition) is 6. The second-order valence-corrected chi connectivity index (χ2v) is 7.74. The number of aliphatic hydroxyl groups excluding tert-OH is 1. The van der Waals surface area contributed by atoms with Crippen LogP contribution in [0.3, 0.4) is 0 Å². The lowest BCUT2D eigenvalue weighted by atomic mass is 10.1. The number of esters is 1. The largest absolute Gasteiger partial charge is 0.466 e. The molecule has 1 amide bonds. The van der Waals surface area contributed by atoms with Crippen LogP contribution >= 0.6 is 0 Å². The topological polar surface area (TPSA) is 88.1 Å². The molecule has 0 spiro atoms. The Morgan fingerprint density at radius 1 is 1.09 bits per heavy atom. The summed E-state index contributed by atoms with van der Waals surface area (Å²) in [6.07, 6.45) is -4.65. The van der Waals surface area contributed by atoms with Gasteiger partial charge < -0.3 is 24.8 Å². The first-order valence-electron chi connectivity index (χ1n) is 10.6. The number of ether oxygens (including phenoxy) is 2.